The summed E-state index contributed by atoms with van der Waals surface area (Å²) in [6.07, 6.45) is 0. The fourth-order valence-electron chi connectivity index (χ4n) is 1.74. The second-order valence-corrected chi connectivity index (χ2v) is 4.40. The molecule has 0 radical (unpaired) electrons. The largest absolute Gasteiger partial charge is 0.497 e. The first kappa shape index (κ1) is 14.0. The van der Waals surface area contributed by atoms with Crippen LogP contribution in [-0.4, -0.2) is 14.2 Å². The fourth-order valence-corrected chi connectivity index (χ4v) is 1.97. The van der Waals surface area contributed by atoms with Gasteiger partial charge in [0.1, 0.15) is 11.5 Å². The zero-order valence-corrected chi connectivity index (χ0v) is 11.9. The summed E-state index contributed by atoms with van der Waals surface area (Å²) in [5.74, 6) is 1.38. The Hall–Kier alpha value is -2.38. The molecule has 0 saturated carbocycles. The van der Waals surface area contributed by atoms with Crippen LogP contribution in [0, 0.1) is 11.3 Å². The molecule has 20 heavy (non-hydrogen) atoms. The molecule has 0 aliphatic heterocycles. The van der Waals surface area contributed by atoms with Crippen molar-refractivity contribution in [2.24, 2.45) is 0 Å². The Labute approximate surface area is 122 Å². The Morgan fingerprint density at radius 3 is 2.45 bits per heavy atom. The summed E-state index contributed by atoms with van der Waals surface area (Å²) in [6, 6.07) is 12.5. The van der Waals surface area contributed by atoms with Crippen LogP contribution >= 0.6 is 11.6 Å². The normalized spacial score (nSPS) is 9.70. The number of anilines is 2. The molecular weight excluding hydrogens is 276 g/mol. The second-order valence-electron chi connectivity index (χ2n) is 4.00. The van der Waals surface area contributed by atoms with Crippen molar-refractivity contribution in [3.05, 3.63) is 47.0 Å². The first-order chi connectivity index (χ1) is 9.67. The van der Waals surface area contributed by atoms with Crippen molar-refractivity contribution in [1.82, 2.24) is 0 Å². The number of nitriles is 1. The number of hydrogen-bond acceptors (Lipinski definition) is 4. The summed E-state index contributed by atoms with van der Waals surface area (Å²) in [4.78, 5) is 0. The number of benzene rings is 2. The first-order valence-electron chi connectivity index (χ1n) is 5.86. The lowest BCUT2D eigenvalue weighted by molar-refractivity contribution is 0.405. The predicted molar refractivity (Wildman–Crippen MR) is 79.0 cm³/mol. The molecule has 0 bridgehead atoms. The number of halogens is 1. The summed E-state index contributed by atoms with van der Waals surface area (Å²) < 4.78 is 10.5. The van der Waals surface area contributed by atoms with Crippen LogP contribution in [-0.2, 0) is 0 Å². The van der Waals surface area contributed by atoms with E-state index in [-0.39, 0.29) is 0 Å². The van der Waals surface area contributed by atoms with Crippen LogP contribution in [0.1, 0.15) is 5.56 Å². The third-order valence-electron chi connectivity index (χ3n) is 2.77. The number of rotatable bonds is 4. The molecule has 0 unspecified atom stereocenters. The Morgan fingerprint density at radius 1 is 1.05 bits per heavy atom. The van der Waals surface area contributed by atoms with Gasteiger partial charge in [0, 0.05) is 6.07 Å². The maximum absolute atomic E-state index is 8.83. The Balaban J connectivity index is 2.36. The van der Waals surface area contributed by atoms with Crippen LogP contribution in [0.5, 0.6) is 11.5 Å². The van der Waals surface area contributed by atoms with Crippen molar-refractivity contribution >= 4 is 23.0 Å². The van der Waals surface area contributed by atoms with Gasteiger partial charge in [-0.3, -0.25) is 0 Å². The molecule has 5 heteroatoms. The van der Waals surface area contributed by atoms with Gasteiger partial charge in [-0.05, 0) is 30.3 Å². The predicted octanol–water partition coefficient (Wildman–Crippen LogP) is 3.97. The lowest BCUT2D eigenvalue weighted by Gasteiger charge is -2.13. The van der Waals surface area contributed by atoms with Gasteiger partial charge >= 0.3 is 0 Å². The highest BCUT2D eigenvalue weighted by molar-refractivity contribution is 6.33. The van der Waals surface area contributed by atoms with Crippen LogP contribution in [0.4, 0.5) is 11.4 Å². The first-order valence-corrected chi connectivity index (χ1v) is 6.24. The molecule has 2 rings (SSSR count). The smallest absolute Gasteiger partial charge is 0.142 e. The van der Waals surface area contributed by atoms with Crippen LogP contribution in [0.15, 0.2) is 36.4 Å². The number of ether oxygens (including phenoxy) is 2. The maximum atomic E-state index is 8.83. The molecule has 2 aromatic rings. The van der Waals surface area contributed by atoms with E-state index >= 15 is 0 Å². The van der Waals surface area contributed by atoms with Crippen molar-refractivity contribution in [3.8, 4) is 17.6 Å². The van der Waals surface area contributed by atoms with Gasteiger partial charge in [-0.1, -0.05) is 11.6 Å². The summed E-state index contributed by atoms with van der Waals surface area (Å²) in [5, 5.41) is 12.5. The molecule has 0 aromatic heterocycles. The molecule has 0 fully saturated rings. The standard InChI is InChI=1S/C15H13ClN2O2/c1-19-11-4-6-15(20-2)14(8-11)18-13-5-3-10(9-17)7-12(13)16/h3-8,18H,1-2H3. The van der Waals surface area contributed by atoms with Gasteiger partial charge in [-0.25, -0.2) is 0 Å². The molecule has 2 aromatic carbocycles. The van der Waals surface area contributed by atoms with Gasteiger partial charge in [-0.15, -0.1) is 0 Å². The molecule has 0 aliphatic rings. The van der Waals surface area contributed by atoms with Crippen LogP contribution in [0.25, 0.3) is 0 Å². The number of hydrogen-bond donors (Lipinski definition) is 1. The van der Waals surface area contributed by atoms with Gasteiger partial charge in [0.05, 0.1) is 42.2 Å². The molecule has 0 saturated heterocycles. The highest BCUT2D eigenvalue weighted by Gasteiger charge is 2.08. The minimum Gasteiger partial charge on any atom is -0.497 e. The Bertz CT molecular complexity index is 665. The van der Waals surface area contributed by atoms with Gasteiger partial charge < -0.3 is 14.8 Å². The van der Waals surface area contributed by atoms with Crippen molar-refractivity contribution < 1.29 is 9.47 Å². The van der Waals surface area contributed by atoms with Gasteiger partial charge in [0.25, 0.3) is 0 Å². The second kappa shape index (κ2) is 6.18. The summed E-state index contributed by atoms with van der Waals surface area (Å²) >= 11 is 6.14. The van der Waals surface area contributed by atoms with E-state index in [1.807, 2.05) is 18.2 Å². The molecule has 0 spiro atoms. The lowest BCUT2D eigenvalue weighted by Crippen LogP contribution is -1.96. The van der Waals surface area contributed by atoms with Gasteiger partial charge in [0.15, 0.2) is 0 Å². The molecule has 102 valence electrons. The van der Waals surface area contributed by atoms with E-state index in [0.29, 0.717) is 27.8 Å². The molecule has 0 aliphatic carbocycles. The van der Waals surface area contributed by atoms with Crippen molar-refractivity contribution in [1.29, 1.82) is 5.26 Å². The SMILES string of the molecule is COc1ccc(OC)c(Nc2ccc(C#N)cc2Cl)c1. The van der Waals surface area contributed by atoms with E-state index in [1.165, 1.54) is 0 Å². The third kappa shape index (κ3) is 2.95. The van der Waals surface area contributed by atoms with Crippen LogP contribution in [0.3, 0.4) is 0 Å². The monoisotopic (exact) mass is 288 g/mol. The van der Waals surface area contributed by atoms with E-state index in [9.17, 15) is 0 Å². The molecule has 0 atom stereocenters. The zero-order valence-electron chi connectivity index (χ0n) is 11.1. The average molecular weight is 289 g/mol. The number of nitrogens with one attached hydrogen (secondary N) is 1. The fraction of sp³-hybridized carbons (Fsp3) is 0.133. The lowest BCUT2D eigenvalue weighted by atomic mass is 10.2. The number of methoxy groups -OCH3 is 2. The highest BCUT2D eigenvalue weighted by Crippen LogP contribution is 2.34. The highest BCUT2D eigenvalue weighted by atomic mass is 35.5. The van der Waals surface area contributed by atoms with E-state index in [4.69, 9.17) is 26.3 Å². The van der Waals surface area contributed by atoms with E-state index in [1.54, 1.807) is 38.5 Å². The molecule has 0 heterocycles. The molecule has 1 N–H and O–H groups in total. The summed E-state index contributed by atoms with van der Waals surface area (Å²) in [5.41, 5.74) is 1.94. The Kier molecular flexibility index (Phi) is 4.34. The van der Waals surface area contributed by atoms with Crippen LogP contribution < -0.4 is 14.8 Å². The van der Waals surface area contributed by atoms with E-state index < -0.39 is 0 Å². The molecule has 4 nitrogen and oxygen atoms in total. The average Bonchev–Trinajstić information content (AvgIpc) is 2.49. The zero-order chi connectivity index (χ0) is 14.5. The van der Waals surface area contributed by atoms with Crippen molar-refractivity contribution in [2.75, 3.05) is 19.5 Å². The maximum Gasteiger partial charge on any atom is 0.142 e. The van der Waals surface area contributed by atoms with Crippen LogP contribution in [0.2, 0.25) is 5.02 Å². The van der Waals surface area contributed by atoms with Crippen molar-refractivity contribution in [3.63, 3.8) is 0 Å². The minimum atomic E-state index is 0.467. The van der Waals surface area contributed by atoms with Gasteiger partial charge in [-0.2, -0.15) is 5.26 Å². The van der Waals surface area contributed by atoms with Crippen molar-refractivity contribution in [2.45, 2.75) is 0 Å². The van der Waals surface area contributed by atoms with E-state index in [2.05, 4.69) is 5.32 Å². The topological polar surface area (TPSA) is 54.3 Å². The third-order valence-corrected chi connectivity index (χ3v) is 3.09. The summed E-state index contributed by atoms with van der Waals surface area (Å²) in [7, 11) is 3.19. The Morgan fingerprint density at radius 2 is 1.85 bits per heavy atom. The molecular formula is C15H13ClN2O2. The minimum absolute atomic E-state index is 0.467. The number of nitrogens with zero attached hydrogens (tertiary/aromatic N) is 1. The van der Waals surface area contributed by atoms with E-state index in [0.717, 1.165) is 5.69 Å². The molecule has 0 amide bonds. The van der Waals surface area contributed by atoms with Gasteiger partial charge in [0.2, 0.25) is 0 Å². The summed E-state index contributed by atoms with van der Waals surface area (Å²) in [6.45, 7) is 0. The quantitative estimate of drug-likeness (QED) is 0.925.